The molecule has 2 aromatic carbocycles. The highest BCUT2D eigenvalue weighted by Crippen LogP contribution is 2.23. The Hall–Kier alpha value is -2.37. The summed E-state index contributed by atoms with van der Waals surface area (Å²) in [6.07, 6.45) is 0. The lowest BCUT2D eigenvalue weighted by Gasteiger charge is -2.12. The Morgan fingerprint density at radius 1 is 1.13 bits per heavy atom. The second-order valence-electron chi connectivity index (χ2n) is 4.69. The Bertz CT molecular complexity index is 965. The number of halogens is 2. The normalized spacial score (nSPS) is 10.7. The first-order chi connectivity index (χ1) is 11.0. The minimum atomic E-state index is -0.820. The molecule has 0 radical (unpaired) electrons. The summed E-state index contributed by atoms with van der Waals surface area (Å²) in [5.41, 5.74) is 0.218. The highest BCUT2D eigenvalue weighted by atomic mass is 35.5. The monoisotopic (exact) mass is 348 g/mol. The quantitative estimate of drug-likeness (QED) is 0.665. The molecule has 0 amide bonds. The number of hydrogen-bond acceptors (Lipinski definition) is 4. The molecule has 116 valence electrons. The van der Waals surface area contributed by atoms with Gasteiger partial charge in [-0.1, -0.05) is 29.3 Å². The maximum Gasteiger partial charge on any atom is 0.362 e. The van der Waals surface area contributed by atoms with Crippen molar-refractivity contribution in [3.05, 3.63) is 68.4 Å². The molecular formula is C16H10Cl2N2O3. The van der Waals surface area contributed by atoms with Gasteiger partial charge in [0.15, 0.2) is 0 Å². The summed E-state index contributed by atoms with van der Waals surface area (Å²) >= 11 is 12.0. The summed E-state index contributed by atoms with van der Waals surface area (Å²) in [4.78, 5) is 24.4. The van der Waals surface area contributed by atoms with E-state index in [1.165, 1.54) is 11.8 Å². The number of hydrogen-bond donors (Lipinski definition) is 0. The molecule has 0 bridgehead atoms. The molecule has 1 heterocycles. The fraction of sp³-hybridized carbons (Fsp3) is 0.0625. The number of esters is 1. The molecule has 0 fully saturated rings. The molecule has 23 heavy (non-hydrogen) atoms. The van der Waals surface area contributed by atoms with Crippen LogP contribution in [0.15, 0.2) is 47.3 Å². The van der Waals surface area contributed by atoms with E-state index in [0.717, 1.165) is 0 Å². The van der Waals surface area contributed by atoms with Crippen LogP contribution in [0.2, 0.25) is 10.0 Å². The van der Waals surface area contributed by atoms with E-state index in [2.05, 4.69) is 9.84 Å². The van der Waals surface area contributed by atoms with Gasteiger partial charge in [0, 0.05) is 5.02 Å². The number of aromatic nitrogens is 2. The summed E-state index contributed by atoms with van der Waals surface area (Å²) in [5.74, 6) is -0.820. The summed E-state index contributed by atoms with van der Waals surface area (Å²) < 4.78 is 6.10. The third kappa shape index (κ3) is 2.69. The van der Waals surface area contributed by atoms with E-state index in [9.17, 15) is 9.59 Å². The number of carbonyl (C=O) groups is 1. The van der Waals surface area contributed by atoms with Crippen LogP contribution >= 0.6 is 23.2 Å². The molecule has 3 aromatic rings. The van der Waals surface area contributed by atoms with Crippen molar-refractivity contribution in [3.8, 4) is 5.69 Å². The van der Waals surface area contributed by atoms with Gasteiger partial charge in [-0.2, -0.15) is 5.10 Å². The predicted octanol–water partition coefficient (Wildman–Crippen LogP) is 3.48. The van der Waals surface area contributed by atoms with Crippen LogP contribution in [-0.4, -0.2) is 22.9 Å². The van der Waals surface area contributed by atoms with E-state index in [-0.39, 0.29) is 16.1 Å². The summed E-state index contributed by atoms with van der Waals surface area (Å²) in [6, 6.07) is 11.8. The minimum absolute atomic E-state index is 0.208. The van der Waals surface area contributed by atoms with Crippen molar-refractivity contribution in [2.45, 2.75) is 0 Å². The van der Waals surface area contributed by atoms with Crippen molar-refractivity contribution in [2.75, 3.05) is 7.11 Å². The Morgan fingerprint density at radius 2 is 1.83 bits per heavy atom. The molecule has 0 saturated carbocycles. The second kappa shape index (κ2) is 6.02. The first-order valence-electron chi connectivity index (χ1n) is 6.58. The number of methoxy groups -OCH3 is 1. The number of nitrogens with zero attached hydrogens (tertiary/aromatic N) is 2. The van der Waals surface area contributed by atoms with E-state index in [1.807, 2.05) is 0 Å². The van der Waals surface area contributed by atoms with Gasteiger partial charge < -0.3 is 4.74 Å². The number of carbonyl (C=O) groups excluding carboxylic acids is 1. The molecule has 3 rings (SSSR count). The minimum Gasteiger partial charge on any atom is -0.464 e. The molecule has 0 aliphatic rings. The molecule has 0 N–H and O–H groups in total. The average molecular weight is 349 g/mol. The van der Waals surface area contributed by atoms with E-state index in [1.54, 1.807) is 42.5 Å². The molecule has 7 heteroatoms. The first-order valence-corrected chi connectivity index (χ1v) is 7.34. The SMILES string of the molecule is COC(=O)c1nn(-c2ccc(Cl)cc2)c2cccc(Cl)c2c1=O. The van der Waals surface area contributed by atoms with Gasteiger partial charge in [0.25, 0.3) is 0 Å². The fourth-order valence-electron chi connectivity index (χ4n) is 2.24. The van der Waals surface area contributed by atoms with Gasteiger partial charge in [-0.15, -0.1) is 0 Å². The Kier molecular flexibility index (Phi) is 4.07. The lowest BCUT2D eigenvalue weighted by Crippen LogP contribution is -2.23. The molecule has 5 nitrogen and oxygen atoms in total. The van der Waals surface area contributed by atoms with Crippen molar-refractivity contribution < 1.29 is 9.53 Å². The largest absolute Gasteiger partial charge is 0.464 e. The lowest BCUT2D eigenvalue weighted by molar-refractivity contribution is 0.0590. The highest BCUT2D eigenvalue weighted by molar-refractivity contribution is 6.35. The second-order valence-corrected chi connectivity index (χ2v) is 5.54. The van der Waals surface area contributed by atoms with Gasteiger partial charge in [0.2, 0.25) is 11.1 Å². The van der Waals surface area contributed by atoms with Gasteiger partial charge in [-0.05, 0) is 36.4 Å². The van der Waals surface area contributed by atoms with Gasteiger partial charge in [0.05, 0.1) is 28.7 Å². The maximum absolute atomic E-state index is 12.5. The van der Waals surface area contributed by atoms with Crippen LogP contribution < -0.4 is 5.43 Å². The van der Waals surface area contributed by atoms with Crippen LogP contribution in [0.5, 0.6) is 0 Å². The highest BCUT2D eigenvalue weighted by Gasteiger charge is 2.20. The number of rotatable bonds is 2. The summed E-state index contributed by atoms with van der Waals surface area (Å²) in [5, 5.41) is 5.15. The van der Waals surface area contributed by atoms with Crippen LogP contribution in [0.3, 0.4) is 0 Å². The number of ether oxygens (including phenoxy) is 1. The van der Waals surface area contributed by atoms with Gasteiger partial charge in [-0.3, -0.25) is 4.79 Å². The average Bonchev–Trinajstić information content (AvgIpc) is 2.55. The molecule has 0 aliphatic heterocycles. The molecule has 0 aliphatic carbocycles. The third-order valence-corrected chi connectivity index (χ3v) is 3.88. The number of benzene rings is 2. The maximum atomic E-state index is 12.5. The van der Waals surface area contributed by atoms with Gasteiger partial charge >= 0.3 is 5.97 Å². The predicted molar refractivity (Wildman–Crippen MR) is 88.7 cm³/mol. The van der Waals surface area contributed by atoms with E-state index < -0.39 is 11.4 Å². The van der Waals surface area contributed by atoms with Gasteiger partial charge in [-0.25, -0.2) is 9.48 Å². The molecule has 1 aromatic heterocycles. The van der Waals surface area contributed by atoms with Crippen LogP contribution in [0, 0.1) is 0 Å². The topological polar surface area (TPSA) is 61.2 Å². The van der Waals surface area contributed by atoms with E-state index >= 15 is 0 Å². The van der Waals surface area contributed by atoms with Crippen LogP contribution in [0.25, 0.3) is 16.6 Å². The zero-order valence-electron chi connectivity index (χ0n) is 11.9. The standard InChI is InChI=1S/C16H10Cl2N2O3/c1-23-16(22)14-15(21)13-11(18)3-2-4-12(13)20(19-14)10-7-5-9(17)6-8-10/h2-8H,1H3. The third-order valence-electron chi connectivity index (χ3n) is 3.31. The Labute approximate surface area is 141 Å². The van der Waals surface area contributed by atoms with Crippen LogP contribution in [-0.2, 0) is 4.74 Å². The zero-order chi connectivity index (χ0) is 16.6. The van der Waals surface area contributed by atoms with E-state index in [4.69, 9.17) is 23.2 Å². The van der Waals surface area contributed by atoms with Crippen LogP contribution in [0.4, 0.5) is 0 Å². The smallest absolute Gasteiger partial charge is 0.362 e. The molecule has 0 unspecified atom stereocenters. The molecule has 0 saturated heterocycles. The lowest BCUT2D eigenvalue weighted by atomic mass is 10.2. The first kappa shape index (κ1) is 15.5. The summed E-state index contributed by atoms with van der Waals surface area (Å²) in [6.45, 7) is 0. The Balaban J connectivity index is 2.43. The van der Waals surface area contributed by atoms with Crippen molar-refractivity contribution in [1.29, 1.82) is 0 Å². The van der Waals surface area contributed by atoms with Crippen molar-refractivity contribution in [2.24, 2.45) is 0 Å². The molecular weight excluding hydrogens is 339 g/mol. The van der Waals surface area contributed by atoms with Crippen LogP contribution in [0.1, 0.15) is 10.5 Å². The molecule has 0 atom stereocenters. The fourth-order valence-corrected chi connectivity index (χ4v) is 2.62. The van der Waals surface area contributed by atoms with Crippen molar-refractivity contribution in [1.82, 2.24) is 9.78 Å². The van der Waals surface area contributed by atoms with E-state index in [0.29, 0.717) is 16.2 Å². The van der Waals surface area contributed by atoms with Crippen molar-refractivity contribution in [3.63, 3.8) is 0 Å². The van der Waals surface area contributed by atoms with Crippen molar-refractivity contribution >= 4 is 40.1 Å². The number of fused-ring (bicyclic) bond motifs is 1. The van der Waals surface area contributed by atoms with Gasteiger partial charge in [0.1, 0.15) is 0 Å². The zero-order valence-corrected chi connectivity index (χ0v) is 13.4. The molecule has 0 spiro atoms. The summed E-state index contributed by atoms with van der Waals surface area (Å²) in [7, 11) is 1.19. The Morgan fingerprint density at radius 3 is 2.48 bits per heavy atom.